The zero-order valence-electron chi connectivity index (χ0n) is 13.0. The largest absolute Gasteiger partial charge is 0.312 e. The van der Waals surface area contributed by atoms with Crippen LogP contribution in [0.1, 0.15) is 44.4 Å². The van der Waals surface area contributed by atoms with E-state index in [1.165, 1.54) is 24.2 Å². The van der Waals surface area contributed by atoms with Crippen molar-refractivity contribution in [2.24, 2.45) is 7.05 Å². The molecule has 0 spiro atoms. The topological polar surface area (TPSA) is 29.9 Å². The van der Waals surface area contributed by atoms with Crippen LogP contribution in [0.15, 0.2) is 0 Å². The van der Waals surface area contributed by atoms with Crippen LogP contribution in [0.3, 0.4) is 0 Å². The summed E-state index contributed by atoms with van der Waals surface area (Å²) in [6.07, 6.45) is 4.75. The van der Waals surface area contributed by atoms with Gasteiger partial charge in [0.1, 0.15) is 5.15 Å². The second-order valence-corrected chi connectivity index (χ2v) is 7.94. The quantitative estimate of drug-likeness (QED) is 0.870. The molecule has 0 aromatic carbocycles. The maximum Gasteiger partial charge on any atom is 0.130 e. The van der Waals surface area contributed by atoms with E-state index in [0.29, 0.717) is 10.8 Å². The molecular weight excluding hydrogens is 290 g/mol. The SMILES string of the molecule is CCCNC(Cc1c(C)nn(C)c1Cl)C1(C)CCCS1. The molecule has 1 aromatic rings. The number of hydrogen-bond donors (Lipinski definition) is 1. The van der Waals surface area contributed by atoms with Crippen molar-refractivity contribution >= 4 is 23.4 Å². The van der Waals surface area contributed by atoms with E-state index >= 15 is 0 Å². The smallest absolute Gasteiger partial charge is 0.130 e. The first-order valence-electron chi connectivity index (χ1n) is 7.53. The van der Waals surface area contributed by atoms with Gasteiger partial charge in [0, 0.05) is 23.4 Å². The molecule has 0 amide bonds. The Kier molecular flexibility index (Phi) is 5.43. The summed E-state index contributed by atoms with van der Waals surface area (Å²) in [6, 6.07) is 0.468. The first-order valence-corrected chi connectivity index (χ1v) is 8.89. The van der Waals surface area contributed by atoms with Crippen LogP contribution in [0, 0.1) is 6.92 Å². The van der Waals surface area contributed by atoms with Crippen LogP contribution in [0.2, 0.25) is 5.15 Å². The van der Waals surface area contributed by atoms with E-state index in [1.54, 1.807) is 4.68 Å². The van der Waals surface area contributed by atoms with Gasteiger partial charge in [0.05, 0.1) is 5.69 Å². The summed E-state index contributed by atoms with van der Waals surface area (Å²) >= 11 is 8.52. The van der Waals surface area contributed by atoms with Crippen LogP contribution in [0.5, 0.6) is 0 Å². The zero-order valence-corrected chi connectivity index (χ0v) is 14.6. The molecule has 1 aliphatic rings. The summed E-state index contributed by atoms with van der Waals surface area (Å²) in [4.78, 5) is 0. The molecule has 0 radical (unpaired) electrons. The molecule has 2 unspecified atom stereocenters. The van der Waals surface area contributed by atoms with Gasteiger partial charge in [-0.1, -0.05) is 18.5 Å². The lowest BCUT2D eigenvalue weighted by Crippen LogP contribution is -2.47. The number of thioether (sulfide) groups is 1. The fraction of sp³-hybridized carbons (Fsp3) is 0.800. The van der Waals surface area contributed by atoms with Gasteiger partial charge in [-0.05, 0) is 51.8 Å². The Morgan fingerprint density at radius 3 is 2.80 bits per heavy atom. The van der Waals surface area contributed by atoms with Crippen molar-refractivity contribution < 1.29 is 0 Å². The maximum atomic E-state index is 6.41. The summed E-state index contributed by atoms with van der Waals surface area (Å²) in [6.45, 7) is 7.74. The number of aryl methyl sites for hydroxylation is 2. The van der Waals surface area contributed by atoms with Gasteiger partial charge in [-0.3, -0.25) is 4.68 Å². The standard InChI is InChI=1S/C15H26ClN3S/c1-5-8-17-13(15(3)7-6-9-20-15)10-12-11(2)18-19(4)14(12)16/h13,17H,5-10H2,1-4H3. The highest BCUT2D eigenvalue weighted by Crippen LogP contribution is 2.42. The highest BCUT2D eigenvalue weighted by molar-refractivity contribution is 8.00. The van der Waals surface area contributed by atoms with Gasteiger partial charge in [-0.15, -0.1) is 0 Å². The fourth-order valence-corrected chi connectivity index (χ4v) is 4.67. The molecule has 0 aliphatic carbocycles. The summed E-state index contributed by atoms with van der Waals surface area (Å²) < 4.78 is 2.11. The normalized spacial score (nSPS) is 24.2. The van der Waals surface area contributed by atoms with Gasteiger partial charge in [-0.2, -0.15) is 16.9 Å². The second kappa shape index (κ2) is 6.71. The van der Waals surface area contributed by atoms with Crippen LogP contribution in [0.4, 0.5) is 0 Å². The predicted molar refractivity (Wildman–Crippen MR) is 88.8 cm³/mol. The molecule has 3 nitrogen and oxygen atoms in total. The lowest BCUT2D eigenvalue weighted by molar-refractivity contribution is 0.398. The van der Waals surface area contributed by atoms with E-state index in [1.807, 2.05) is 7.05 Å². The molecule has 1 saturated heterocycles. The summed E-state index contributed by atoms with van der Waals surface area (Å²) in [7, 11) is 1.92. The van der Waals surface area contributed by atoms with E-state index in [2.05, 4.69) is 42.9 Å². The molecule has 2 atom stereocenters. The van der Waals surface area contributed by atoms with Gasteiger partial charge in [-0.25, -0.2) is 0 Å². The van der Waals surface area contributed by atoms with Crippen molar-refractivity contribution in [2.45, 2.75) is 57.2 Å². The molecule has 20 heavy (non-hydrogen) atoms. The molecule has 1 N–H and O–H groups in total. The first kappa shape index (κ1) is 16.2. The molecule has 0 bridgehead atoms. The van der Waals surface area contributed by atoms with Crippen molar-refractivity contribution in [3.05, 3.63) is 16.4 Å². The Labute approximate surface area is 131 Å². The summed E-state index contributed by atoms with van der Waals surface area (Å²) in [5, 5.41) is 8.98. The minimum atomic E-state index is 0.320. The van der Waals surface area contributed by atoms with Gasteiger partial charge in [0.15, 0.2) is 0 Å². The third-order valence-electron chi connectivity index (χ3n) is 4.31. The van der Waals surface area contributed by atoms with Crippen molar-refractivity contribution in [2.75, 3.05) is 12.3 Å². The molecule has 114 valence electrons. The molecule has 1 fully saturated rings. The predicted octanol–water partition coefficient (Wildman–Crippen LogP) is 3.58. The Morgan fingerprint density at radius 1 is 1.55 bits per heavy atom. The highest BCUT2D eigenvalue weighted by Gasteiger charge is 2.38. The number of nitrogens with zero attached hydrogens (tertiary/aromatic N) is 2. The van der Waals surface area contributed by atoms with E-state index in [0.717, 1.165) is 30.2 Å². The minimum Gasteiger partial charge on any atom is -0.312 e. The average molecular weight is 316 g/mol. The van der Waals surface area contributed by atoms with E-state index in [9.17, 15) is 0 Å². The Morgan fingerprint density at radius 2 is 2.30 bits per heavy atom. The number of rotatable bonds is 6. The van der Waals surface area contributed by atoms with Crippen LogP contribution in [-0.4, -0.2) is 32.9 Å². The monoisotopic (exact) mass is 315 g/mol. The van der Waals surface area contributed by atoms with Crippen LogP contribution in [0.25, 0.3) is 0 Å². The summed E-state index contributed by atoms with van der Waals surface area (Å²) in [5.74, 6) is 1.28. The van der Waals surface area contributed by atoms with Crippen LogP contribution >= 0.6 is 23.4 Å². The Hall–Kier alpha value is -0.190. The van der Waals surface area contributed by atoms with Gasteiger partial charge in [0.2, 0.25) is 0 Å². The third-order valence-corrected chi connectivity index (χ3v) is 6.42. The molecule has 0 saturated carbocycles. The van der Waals surface area contributed by atoms with Gasteiger partial charge >= 0.3 is 0 Å². The molecule has 1 aliphatic heterocycles. The number of hydrogen-bond acceptors (Lipinski definition) is 3. The minimum absolute atomic E-state index is 0.320. The lowest BCUT2D eigenvalue weighted by atomic mass is 9.91. The fourth-order valence-electron chi connectivity index (χ4n) is 3.01. The van der Waals surface area contributed by atoms with E-state index in [-0.39, 0.29) is 0 Å². The molecular formula is C15H26ClN3S. The number of aromatic nitrogens is 2. The number of halogens is 1. The lowest BCUT2D eigenvalue weighted by Gasteiger charge is -2.34. The average Bonchev–Trinajstić information content (AvgIpc) is 2.94. The molecule has 1 aromatic heterocycles. The zero-order chi connectivity index (χ0) is 14.8. The maximum absolute atomic E-state index is 6.41. The number of nitrogens with one attached hydrogen (secondary N) is 1. The summed E-state index contributed by atoms with van der Waals surface area (Å²) in [5.41, 5.74) is 2.27. The molecule has 2 rings (SSSR count). The Bertz CT molecular complexity index is 452. The van der Waals surface area contributed by atoms with E-state index in [4.69, 9.17) is 11.6 Å². The van der Waals surface area contributed by atoms with Crippen LogP contribution in [-0.2, 0) is 13.5 Å². The Balaban J connectivity index is 2.19. The third kappa shape index (κ3) is 3.34. The van der Waals surface area contributed by atoms with Crippen molar-refractivity contribution in [1.29, 1.82) is 0 Å². The van der Waals surface area contributed by atoms with E-state index < -0.39 is 0 Å². The second-order valence-electron chi connectivity index (χ2n) is 5.95. The van der Waals surface area contributed by atoms with Crippen molar-refractivity contribution in [3.8, 4) is 0 Å². The van der Waals surface area contributed by atoms with Crippen molar-refractivity contribution in [3.63, 3.8) is 0 Å². The van der Waals surface area contributed by atoms with Gasteiger partial charge in [0.25, 0.3) is 0 Å². The highest BCUT2D eigenvalue weighted by atomic mass is 35.5. The molecule has 2 heterocycles. The first-order chi connectivity index (χ1) is 9.48. The molecule has 5 heteroatoms. The van der Waals surface area contributed by atoms with Crippen LogP contribution < -0.4 is 5.32 Å². The van der Waals surface area contributed by atoms with Gasteiger partial charge < -0.3 is 5.32 Å². The van der Waals surface area contributed by atoms with Crippen molar-refractivity contribution in [1.82, 2.24) is 15.1 Å².